The summed E-state index contributed by atoms with van der Waals surface area (Å²) in [6, 6.07) is 6.70. The minimum absolute atomic E-state index is 0.234. The molecule has 4 aromatic rings. The lowest BCUT2D eigenvalue weighted by Crippen LogP contribution is -2.42. The van der Waals surface area contributed by atoms with Crippen LogP contribution in [0.4, 0.5) is 5.82 Å². The van der Waals surface area contributed by atoms with Crippen LogP contribution in [0.1, 0.15) is 5.56 Å². The van der Waals surface area contributed by atoms with Crippen molar-refractivity contribution in [1.82, 2.24) is 28.5 Å². The van der Waals surface area contributed by atoms with Crippen LogP contribution in [-0.2, 0) is 32.0 Å². The third kappa shape index (κ3) is 3.87. The first kappa shape index (κ1) is 20.9. The molecule has 0 atom stereocenters. The number of amides is 1. The lowest BCUT2D eigenvalue weighted by molar-refractivity contribution is -0.116. The van der Waals surface area contributed by atoms with Crippen LogP contribution in [0.15, 0.2) is 46.4 Å². The van der Waals surface area contributed by atoms with Gasteiger partial charge < -0.3 is 9.88 Å². The van der Waals surface area contributed by atoms with Gasteiger partial charge in [-0.25, -0.2) is 19.0 Å². The van der Waals surface area contributed by atoms with E-state index in [4.69, 9.17) is 23.2 Å². The maximum absolute atomic E-state index is 12.8. The maximum atomic E-state index is 12.8. The van der Waals surface area contributed by atoms with Gasteiger partial charge in [0, 0.05) is 30.2 Å². The molecule has 31 heavy (non-hydrogen) atoms. The van der Waals surface area contributed by atoms with E-state index in [1.807, 2.05) is 0 Å². The zero-order valence-corrected chi connectivity index (χ0v) is 18.1. The molecule has 0 aliphatic heterocycles. The van der Waals surface area contributed by atoms with Gasteiger partial charge in [0.2, 0.25) is 5.91 Å². The second-order valence-electron chi connectivity index (χ2n) is 6.92. The molecule has 3 heterocycles. The third-order valence-corrected chi connectivity index (χ3v) is 5.41. The molecule has 1 amide bonds. The number of halogens is 2. The Morgan fingerprint density at radius 1 is 1.16 bits per heavy atom. The molecule has 0 saturated carbocycles. The summed E-state index contributed by atoms with van der Waals surface area (Å²) in [5.41, 5.74) is 0.0314. The molecule has 0 aliphatic rings. The summed E-state index contributed by atoms with van der Waals surface area (Å²) in [5, 5.41) is 7.86. The molecule has 0 bridgehead atoms. The molecule has 1 N–H and O–H groups in total. The van der Waals surface area contributed by atoms with E-state index in [1.165, 1.54) is 33.4 Å². The molecule has 10 nitrogen and oxygen atoms in total. The minimum Gasteiger partial charge on any atom is -0.328 e. The van der Waals surface area contributed by atoms with Gasteiger partial charge in [-0.1, -0.05) is 29.3 Å². The monoisotopic (exact) mass is 461 g/mol. The lowest BCUT2D eigenvalue weighted by Gasteiger charge is -2.12. The van der Waals surface area contributed by atoms with Gasteiger partial charge in [-0.2, -0.15) is 5.10 Å². The fourth-order valence-electron chi connectivity index (χ4n) is 3.24. The molecule has 1 aromatic carbocycles. The standard InChI is InChI=1S/C19H17Cl2N7O3/c1-25-10-22-17-16(25)18(30)27(19(31)26(17)2)9-15(29)24-14-5-6-23-28(14)8-11-3-4-12(20)7-13(11)21/h3-7,10H,8-9H2,1-2H3,(H,24,29). The Morgan fingerprint density at radius 3 is 2.68 bits per heavy atom. The van der Waals surface area contributed by atoms with E-state index in [0.717, 1.165) is 10.1 Å². The Balaban J connectivity index is 1.59. The highest BCUT2D eigenvalue weighted by molar-refractivity contribution is 6.35. The van der Waals surface area contributed by atoms with Crippen LogP contribution < -0.4 is 16.6 Å². The number of nitrogens with one attached hydrogen (secondary N) is 1. The predicted octanol–water partition coefficient (Wildman–Crippen LogP) is 1.62. The Bertz CT molecular complexity index is 1430. The number of aryl methyl sites for hydroxylation is 2. The molecule has 0 aliphatic carbocycles. The average molecular weight is 462 g/mol. The zero-order chi connectivity index (χ0) is 22.3. The molecule has 0 spiro atoms. The second-order valence-corrected chi connectivity index (χ2v) is 7.76. The number of carbonyl (C=O) groups is 1. The Kier molecular flexibility index (Phi) is 5.42. The third-order valence-electron chi connectivity index (χ3n) is 4.82. The molecule has 3 aromatic heterocycles. The fourth-order valence-corrected chi connectivity index (χ4v) is 3.71. The largest absolute Gasteiger partial charge is 0.332 e. The van der Waals surface area contributed by atoms with Crippen molar-refractivity contribution in [3.05, 3.63) is 73.2 Å². The van der Waals surface area contributed by atoms with Gasteiger partial charge in [-0.15, -0.1) is 0 Å². The number of rotatable bonds is 5. The first-order valence-corrected chi connectivity index (χ1v) is 9.88. The van der Waals surface area contributed by atoms with Crippen molar-refractivity contribution in [3.8, 4) is 0 Å². The van der Waals surface area contributed by atoms with Crippen LogP contribution in [0.2, 0.25) is 10.0 Å². The van der Waals surface area contributed by atoms with Gasteiger partial charge in [-0.05, 0) is 17.7 Å². The zero-order valence-electron chi connectivity index (χ0n) is 16.5. The highest BCUT2D eigenvalue weighted by atomic mass is 35.5. The van der Waals surface area contributed by atoms with Crippen LogP contribution in [0, 0.1) is 0 Å². The fraction of sp³-hybridized carbons (Fsp3) is 0.211. The van der Waals surface area contributed by atoms with E-state index < -0.39 is 23.7 Å². The summed E-state index contributed by atoms with van der Waals surface area (Å²) < 4.78 is 5.15. The first-order valence-electron chi connectivity index (χ1n) is 9.12. The van der Waals surface area contributed by atoms with Crippen molar-refractivity contribution in [1.29, 1.82) is 0 Å². The molecule has 0 fully saturated rings. The highest BCUT2D eigenvalue weighted by Crippen LogP contribution is 2.22. The number of anilines is 1. The molecule has 0 unspecified atom stereocenters. The van der Waals surface area contributed by atoms with Gasteiger partial charge >= 0.3 is 5.69 Å². The number of aromatic nitrogens is 6. The van der Waals surface area contributed by atoms with Gasteiger partial charge in [0.05, 0.1) is 19.1 Å². The van der Waals surface area contributed by atoms with Gasteiger partial charge in [-0.3, -0.25) is 14.2 Å². The minimum atomic E-state index is -0.632. The smallest absolute Gasteiger partial charge is 0.328 e. The van der Waals surface area contributed by atoms with E-state index in [1.54, 1.807) is 31.3 Å². The van der Waals surface area contributed by atoms with E-state index in [0.29, 0.717) is 22.4 Å². The van der Waals surface area contributed by atoms with Gasteiger partial charge in [0.15, 0.2) is 11.2 Å². The number of imidazole rings is 1. The lowest BCUT2D eigenvalue weighted by atomic mass is 10.2. The van der Waals surface area contributed by atoms with Gasteiger partial charge in [0.25, 0.3) is 5.56 Å². The SMILES string of the molecule is Cn1cnc2c1c(=O)n(CC(=O)Nc1ccnn1Cc1ccc(Cl)cc1Cl)c(=O)n2C. The highest BCUT2D eigenvalue weighted by Gasteiger charge is 2.18. The molecule has 160 valence electrons. The topological polar surface area (TPSA) is 109 Å². The predicted molar refractivity (Wildman–Crippen MR) is 117 cm³/mol. The van der Waals surface area contributed by atoms with E-state index in [-0.39, 0.29) is 11.2 Å². The molecule has 12 heteroatoms. The van der Waals surface area contributed by atoms with Crippen molar-refractivity contribution in [2.75, 3.05) is 5.32 Å². The van der Waals surface area contributed by atoms with Gasteiger partial charge in [0.1, 0.15) is 12.4 Å². The second kappa shape index (κ2) is 8.05. The summed E-state index contributed by atoms with van der Waals surface area (Å²) >= 11 is 12.1. The number of hydrogen-bond acceptors (Lipinski definition) is 5. The Morgan fingerprint density at radius 2 is 1.94 bits per heavy atom. The average Bonchev–Trinajstić information content (AvgIpc) is 3.32. The van der Waals surface area contributed by atoms with Crippen LogP contribution in [0.3, 0.4) is 0 Å². The molecule has 0 saturated heterocycles. The van der Waals surface area contributed by atoms with Crippen molar-refractivity contribution in [2.45, 2.75) is 13.1 Å². The summed E-state index contributed by atoms with van der Waals surface area (Å²) in [4.78, 5) is 42.0. The van der Waals surface area contributed by atoms with Crippen molar-refractivity contribution in [3.63, 3.8) is 0 Å². The van der Waals surface area contributed by atoms with Crippen molar-refractivity contribution >= 4 is 46.1 Å². The molecule has 4 rings (SSSR count). The van der Waals surface area contributed by atoms with Crippen LogP contribution >= 0.6 is 23.2 Å². The van der Waals surface area contributed by atoms with Crippen molar-refractivity contribution in [2.24, 2.45) is 14.1 Å². The molecular formula is C19H17Cl2N7O3. The Labute approximate surface area is 185 Å². The van der Waals surface area contributed by atoms with E-state index >= 15 is 0 Å². The summed E-state index contributed by atoms with van der Waals surface area (Å²) in [6.45, 7) is -0.166. The van der Waals surface area contributed by atoms with Crippen LogP contribution in [-0.4, -0.2) is 34.4 Å². The quantitative estimate of drug-likeness (QED) is 0.485. The summed E-state index contributed by atoms with van der Waals surface area (Å²) in [6.07, 6.45) is 2.96. The van der Waals surface area contributed by atoms with Crippen LogP contribution in [0.5, 0.6) is 0 Å². The number of hydrogen-bond donors (Lipinski definition) is 1. The summed E-state index contributed by atoms with van der Waals surface area (Å²) in [5.74, 6) is -0.160. The first-order chi connectivity index (χ1) is 14.8. The van der Waals surface area contributed by atoms with Crippen LogP contribution in [0.25, 0.3) is 11.2 Å². The molecule has 0 radical (unpaired) electrons. The number of carbonyl (C=O) groups excluding carboxylic acids is 1. The van der Waals surface area contributed by atoms with E-state index in [2.05, 4.69) is 15.4 Å². The number of nitrogens with zero attached hydrogens (tertiary/aromatic N) is 6. The van der Waals surface area contributed by atoms with E-state index in [9.17, 15) is 14.4 Å². The maximum Gasteiger partial charge on any atom is 0.332 e. The summed E-state index contributed by atoms with van der Waals surface area (Å²) in [7, 11) is 3.14. The Hall–Kier alpha value is -3.37. The number of benzene rings is 1. The van der Waals surface area contributed by atoms with Crippen molar-refractivity contribution < 1.29 is 4.79 Å². The number of fused-ring (bicyclic) bond motifs is 1. The molecular weight excluding hydrogens is 445 g/mol. The normalized spacial score (nSPS) is 11.2.